The standard InChI is InChI=1S/C11H27N3O2S/c1-6-14(7-8-16-5)17(15)13-9-10(12)11(2,3)4/h10,13H,6-9,12H2,1-5H3/t10-,17?/m0/s1. The SMILES string of the molecule is CCN(CCOC)S(=O)NC[C@H](N)C(C)(C)C. The molecule has 0 amide bonds. The average molecular weight is 265 g/mol. The van der Waals surface area contributed by atoms with Gasteiger partial charge in [-0.1, -0.05) is 27.7 Å². The fourth-order valence-corrected chi connectivity index (χ4v) is 2.09. The minimum Gasteiger partial charge on any atom is -0.383 e. The first-order valence-corrected chi connectivity index (χ1v) is 7.08. The number of nitrogens with one attached hydrogen (secondary N) is 1. The predicted molar refractivity (Wildman–Crippen MR) is 72.7 cm³/mol. The fraction of sp³-hybridized carbons (Fsp3) is 1.00. The summed E-state index contributed by atoms with van der Waals surface area (Å²) in [4.78, 5) is 0. The fourth-order valence-electron chi connectivity index (χ4n) is 1.11. The topological polar surface area (TPSA) is 67.6 Å². The molecule has 17 heavy (non-hydrogen) atoms. The second-order valence-corrected chi connectivity index (χ2v) is 6.39. The maximum absolute atomic E-state index is 11.9. The zero-order chi connectivity index (χ0) is 13.5. The summed E-state index contributed by atoms with van der Waals surface area (Å²) in [5.41, 5.74) is 6.02. The molecule has 6 heteroatoms. The van der Waals surface area contributed by atoms with Crippen molar-refractivity contribution < 1.29 is 8.95 Å². The summed E-state index contributed by atoms with van der Waals surface area (Å²) in [7, 11) is 1.64. The highest BCUT2D eigenvalue weighted by molar-refractivity contribution is 7.80. The Labute approximate surface area is 108 Å². The van der Waals surface area contributed by atoms with E-state index >= 15 is 0 Å². The van der Waals surface area contributed by atoms with Gasteiger partial charge in [-0.25, -0.2) is 13.2 Å². The Morgan fingerprint density at radius 2 is 2.06 bits per heavy atom. The molecule has 0 saturated carbocycles. The maximum atomic E-state index is 11.9. The Bertz CT molecular complexity index is 231. The summed E-state index contributed by atoms with van der Waals surface area (Å²) in [6.45, 7) is 10.7. The number of methoxy groups -OCH3 is 1. The third-order valence-corrected chi connectivity index (χ3v) is 3.99. The molecule has 0 heterocycles. The molecular weight excluding hydrogens is 238 g/mol. The number of rotatable bonds is 8. The molecule has 0 aromatic heterocycles. The lowest BCUT2D eigenvalue weighted by atomic mass is 9.88. The van der Waals surface area contributed by atoms with Crippen LogP contribution in [0.5, 0.6) is 0 Å². The van der Waals surface area contributed by atoms with E-state index in [1.165, 1.54) is 0 Å². The second-order valence-electron chi connectivity index (χ2n) is 5.08. The van der Waals surface area contributed by atoms with Crippen LogP contribution < -0.4 is 10.5 Å². The number of nitrogens with zero attached hydrogens (tertiary/aromatic N) is 1. The van der Waals surface area contributed by atoms with Crippen LogP contribution in [0.15, 0.2) is 0 Å². The summed E-state index contributed by atoms with van der Waals surface area (Å²) in [6, 6.07) is -0.0208. The summed E-state index contributed by atoms with van der Waals surface area (Å²) >= 11 is -1.19. The molecule has 0 bridgehead atoms. The van der Waals surface area contributed by atoms with E-state index in [0.29, 0.717) is 26.2 Å². The van der Waals surface area contributed by atoms with E-state index < -0.39 is 11.2 Å². The smallest absolute Gasteiger partial charge is 0.170 e. The van der Waals surface area contributed by atoms with Crippen molar-refractivity contribution in [2.45, 2.75) is 33.7 Å². The van der Waals surface area contributed by atoms with Crippen LogP contribution in [-0.2, 0) is 15.9 Å². The molecule has 0 radical (unpaired) electrons. The van der Waals surface area contributed by atoms with E-state index in [2.05, 4.69) is 25.5 Å². The monoisotopic (exact) mass is 265 g/mol. The number of nitrogens with two attached hydrogens (primary N) is 1. The van der Waals surface area contributed by atoms with Crippen molar-refractivity contribution in [3.63, 3.8) is 0 Å². The normalized spacial score (nSPS) is 16.2. The van der Waals surface area contributed by atoms with Crippen molar-refractivity contribution in [1.29, 1.82) is 0 Å². The molecule has 0 aliphatic rings. The highest BCUT2D eigenvalue weighted by Crippen LogP contribution is 2.16. The lowest BCUT2D eigenvalue weighted by Crippen LogP contribution is -2.47. The summed E-state index contributed by atoms with van der Waals surface area (Å²) in [6.07, 6.45) is 0. The molecular formula is C11H27N3O2S. The molecule has 0 rings (SSSR count). The Morgan fingerprint density at radius 3 is 2.47 bits per heavy atom. The minimum absolute atomic E-state index is 0.0147. The van der Waals surface area contributed by atoms with E-state index in [4.69, 9.17) is 10.5 Å². The molecule has 0 aliphatic carbocycles. The summed E-state index contributed by atoms with van der Waals surface area (Å²) in [5.74, 6) is 0. The molecule has 104 valence electrons. The summed E-state index contributed by atoms with van der Waals surface area (Å²) < 4.78 is 21.7. The van der Waals surface area contributed by atoms with Crippen LogP contribution in [0.1, 0.15) is 27.7 Å². The first-order chi connectivity index (χ1) is 7.82. The van der Waals surface area contributed by atoms with Gasteiger partial charge in [0.2, 0.25) is 0 Å². The van der Waals surface area contributed by atoms with Crippen LogP contribution >= 0.6 is 0 Å². The molecule has 0 aromatic rings. The second kappa shape index (κ2) is 8.16. The molecule has 0 aromatic carbocycles. The largest absolute Gasteiger partial charge is 0.383 e. The van der Waals surface area contributed by atoms with Crippen LogP contribution in [0.2, 0.25) is 0 Å². The summed E-state index contributed by atoms with van der Waals surface area (Å²) in [5, 5.41) is 0. The van der Waals surface area contributed by atoms with E-state index in [-0.39, 0.29) is 11.5 Å². The van der Waals surface area contributed by atoms with Crippen LogP contribution in [0, 0.1) is 5.41 Å². The predicted octanol–water partition coefficient (Wildman–Crippen LogP) is 0.496. The van der Waals surface area contributed by atoms with E-state index in [1.54, 1.807) is 7.11 Å². The van der Waals surface area contributed by atoms with Crippen molar-refractivity contribution in [3.8, 4) is 0 Å². The van der Waals surface area contributed by atoms with Gasteiger partial charge in [-0.05, 0) is 5.41 Å². The number of hydrogen-bond acceptors (Lipinski definition) is 3. The minimum atomic E-state index is -1.19. The highest BCUT2D eigenvalue weighted by Gasteiger charge is 2.21. The van der Waals surface area contributed by atoms with Crippen LogP contribution in [0.25, 0.3) is 0 Å². The first kappa shape index (κ1) is 17.0. The van der Waals surface area contributed by atoms with Crippen molar-refractivity contribution in [3.05, 3.63) is 0 Å². The molecule has 0 spiro atoms. The third-order valence-electron chi connectivity index (χ3n) is 2.67. The first-order valence-electron chi connectivity index (χ1n) is 5.97. The van der Waals surface area contributed by atoms with Gasteiger partial charge in [0.25, 0.3) is 0 Å². The molecule has 0 saturated heterocycles. The molecule has 0 fully saturated rings. The van der Waals surface area contributed by atoms with Gasteiger partial charge in [0.1, 0.15) is 0 Å². The molecule has 3 N–H and O–H groups in total. The number of ether oxygens (including phenoxy) is 1. The lowest BCUT2D eigenvalue weighted by molar-refractivity contribution is 0.182. The van der Waals surface area contributed by atoms with Gasteiger partial charge in [0.05, 0.1) is 6.61 Å². The van der Waals surface area contributed by atoms with Crippen LogP contribution in [-0.4, -0.2) is 47.9 Å². The van der Waals surface area contributed by atoms with Crippen molar-refractivity contribution in [1.82, 2.24) is 9.03 Å². The zero-order valence-corrected chi connectivity index (χ0v) is 12.5. The van der Waals surface area contributed by atoms with Gasteiger partial charge >= 0.3 is 0 Å². The highest BCUT2D eigenvalue weighted by atomic mass is 32.2. The van der Waals surface area contributed by atoms with Crippen molar-refractivity contribution in [2.75, 3.05) is 33.4 Å². The van der Waals surface area contributed by atoms with E-state index in [0.717, 1.165) is 0 Å². The Kier molecular flexibility index (Phi) is 8.15. The van der Waals surface area contributed by atoms with Crippen LogP contribution in [0.4, 0.5) is 0 Å². The molecule has 1 unspecified atom stereocenters. The van der Waals surface area contributed by atoms with Crippen LogP contribution in [0.3, 0.4) is 0 Å². The lowest BCUT2D eigenvalue weighted by Gasteiger charge is -2.28. The average Bonchev–Trinajstić information content (AvgIpc) is 2.25. The maximum Gasteiger partial charge on any atom is 0.170 e. The molecule has 5 nitrogen and oxygen atoms in total. The number of likely N-dealkylation sites (N-methyl/N-ethyl adjacent to an activating group) is 1. The van der Waals surface area contributed by atoms with Gasteiger partial charge in [-0.2, -0.15) is 0 Å². The Balaban J connectivity index is 4.06. The number of hydrogen-bond donors (Lipinski definition) is 2. The van der Waals surface area contributed by atoms with Gasteiger partial charge in [0.15, 0.2) is 11.2 Å². The Hall–Kier alpha value is -0.0100. The molecule has 2 atom stereocenters. The zero-order valence-electron chi connectivity index (χ0n) is 11.7. The van der Waals surface area contributed by atoms with Gasteiger partial charge in [-0.3, -0.25) is 0 Å². The van der Waals surface area contributed by atoms with Gasteiger partial charge in [-0.15, -0.1) is 0 Å². The van der Waals surface area contributed by atoms with Crippen molar-refractivity contribution >= 4 is 11.2 Å². The quantitative estimate of drug-likeness (QED) is 0.671. The van der Waals surface area contributed by atoms with E-state index in [9.17, 15) is 4.21 Å². The Morgan fingerprint density at radius 1 is 1.47 bits per heavy atom. The molecule has 0 aliphatic heterocycles. The third kappa shape index (κ3) is 7.10. The van der Waals surface area contributed by atoms with Crippen molar-refractivity contribution in [2.24, 2.45) is 11.1 Å². The van der Waals surface area contributed by atoms with Gasteiger partial charge in [0, 0.05) is 32.8 Å². The van der Waals surface area contributed by atoms with Gasteiger partial charge < -0.3 is 10.5 Å². The van der Waals surface area contributed by atoms with E-state index in [1.807, 2.05) is 11.2 Å².